The third-order valence-electron chi connectivity index (χ3n) is 6.05. The summed E-state index contributed by atoms with van der Waals surface area (Å²) < 4.78 is 0. The number of nitrogens with zero attached hydrogens (tertiary/aromatic N) is 4. The molecule has 1 aliphatic heterocycles. The van der Waals surface area contributed by atoms with Crippen molar-refractivity contribution < 1.29 is 0 Å². The van der Waals surface area contributed by atoms with E-state index in [9.17, 15) is 0 Å². The molecule has 1 fully saturated rings. The second-order valence-electron chi connectivity index (χ2n) is 10.6. The molecule has 0 unspecified atom stereocenters. The van der Waals surface area contributed by atoms with Crippen LogP contribution in [0.2, 0.25) is 0 Å². The van der Waals surface area contributed by atoms with Crippen LogP contribution >= 0.6 is 0 Å². The summed E-state index contributed by atoms with van der Waals surface area (Å²) in [5, 5.41) is 0. The molecule has 0 aromatic carbocycles. The van der Waals surface area contributed by atoms with Gasteiger partial charge in [-0.15, -0.1) is 0 Å². The predicted octanol–water partition coefficient (Wildman–Crippen LogP) is 4.75. The third-order valence-corrected chi connectivity index (χ3v) is 6.05. The highest BCUT2D eigenvalue weighted by molar-refractivity contribution is 4.89. The summed E-state index contributed by atoms with van der Waals surface area (Å²) in [5.41, 5.74) is 0.350. The van der Waals surface area contributed by atoms with Gasteiger partial charge >= 0.3 is 0 Å². The van der Waals surface area contributed by atoms with Gasteiger partial charge in [-0.3, -0.25) is 9.80 Å². The number of hydrogen-bond acceptors (Lipinski definition) is 4. The number of hydrogen-bond donors (Lipinski definition) is 0. The van der Waals surface area contributed by atoms with Gasteiger partial charge in [0.1, 0.15) is 0 Å². The second-order valence-corrected chi connectivity index (χ2v) is 10.6. The molecule has 28 heavy (non-hydrogen) atoms. The number of likely N-dealkylation sites (N-methyl/N-ethyl adjacent to an activating group) is 1. The molecular weight excluding hydrogens is 344 g/mol. The molecule has 0 radical (unpaired) electrons. The molecule has 0 spiro atoms. The molecular formula is C24H56N4. The standard InChI is InChI=1S/C10H22N2.C9H21N.C5H13N/c1-9(2)12-7-6-11(5)10(3,4)8-12;1-8(2)6-7-10(5)9(3)4;1-5(2)6(3)4/h9H,6-8H2,1-5H3;8-9H,6-7H2,1-5H3;5H,1-4H3. The molecule has 1 rings (SSSR count). The van der Waals surface area contributed by atoms with E-state index in [-0.39, 0.29) is 0 Å². The Balaban J connectivity index is 0. The van der Waals surface area contributed by atoms with Gasteiger partial charge in [-0.1, -0.05) is 13.8 Å². The van der Waals surface area contributed by atoms with Crippen LogP contribution in [0.1, 0.15) is 75.7 Å². The van der Waals surface area contributed by atoms with Gasteiger partial charge in [0.2, 0.25) is 0 Å². The third kappa shape index (κ3) is 14.8. The molecule has 1 aliphatic rings. The highest BCUT2D eigenvalue weighted by Gasteiger charge is 2.31. The normalized spacial score (nSPS) is 18.0. The van der Waals surface area contributed by atoms with Gasteiger partial charge in [0.25, 0.3) is 0 Å². The van der Waals surface area contributed by atoms with E-state index in [1.807, 2.05) is 0 Å². The highest BCUT2D eigenvalue weighted by Crippen LogP contribution is 2.19. The molecule has 0 saturated carbocycles. The zero-order chi connectivity index (χ0) is 22.7. The van der Waals surface area contributed by atoms with Crippen LogP contribution in [-0.2, 0) is 0 Å². The first kappa shape index (κ1) is 30.0. The van der Waals surface area contributed by atoms with Crippen molar-refractivity contribution in [3.63, 3.8) is 0 Å². The van der Waals surface area contributed by atoms with E-state index in [0.29, 0.717) is 23.7 Å². The Kier molecular flexibility index (Phi) is 15.8. The first-order chi connectivity index (χ1) is 12.6. The Hall–Kier alpha value is -0.160. The van der Waals surface area contributed by atoms with Crippen LogP contribution in [-0.4, -0.2) is 97.6 Å². The topological polar surface area (TPSA) is 13.0 Å². The number of piperazine rings is 1. The van der Waals surface area contributed by atoms with Crippen LogP contribution in [0, 0.1) is 5.92 Å². The van der Waals surface area contributed by atoms with Gasteiger partial charge in [0.05, 0.1) is 0 Å². The van der Waals surface area contributed by atoms with Crippen molar-refractivity contribution in [1.82, 2.24) is 19.6 Å². The molecule has 4 nitrogen and oxygen atoms in total. The van der Waals surface area contributed by atoms with Crippen LogP contribution in [0.4, 0.5) is 0 Å². The summed E-state index contributed by atoms with van der Waals surface area (Å²) in [7, 11) is 8.56. The Labute approximate surface area is 179 Å². The zero-order valence-electron chi connectivity index (χ0n) is 22.1. The fourth-order valence-electron chi connectivity index (χ4n) is 2.44. The van der Waals surface area contributed by atoms with Gasteiger partial charge in [-0.25, -0.2) is 0 Å². The molecule has 1 heterocycles. The molecule has 0 amide bonds. The quantitative estimate of drug-likeness (QED) is 0.638. The molecule has 0 aliphatic carbocycles. The van der Waals surface area contributed by atoms with E-state index < -0.39 is 0 Å². The molecule has 0 aromatic rings. The van der Waals surface area contributed by atoms with E-state index in [2.05, 4.69) is 117 Å². The highest BCUT2D eigenvalue weighted by atomic mass is 15.3. The molecule has 1 saturated heterocycles. The van der Waals surface area contributed by atoms with Crippen molar-refractivity contribution in [3.8, 4) is 0 Å². The molecule has 172 valence electrons. The van der Waals surface area contributed by atoms with Gasteiger partial charge < -0.3 is 9.80 Å². The zero-order valence-corrected chi connectivity index (χ0v) is 22.1. The summed E-state index contributed by atoms with van der Waals surface area (Å²) in [4.78, 5) is 9.56. The largest absolute Gasteiger partial charge is 0.307 e. The van der Waals surface area contributed by atoms with Gasteiger partial charge in [-0.2, -0.15) is 0 Å². The minimum absolute atomic E-state index is 0.350. The van der Waals surface area contributed by atoms with Crippen molar-refractivity contribution in [2.24, 2.45) is 5.92 Å². The van der Waals surface area contributed by atoms with E-state index in [1.54, 1.807) is 0 Å². The van der Waals surface area contributed by atoms with Crippen molar-refractivity contribution in [1.29, 1.82) is 0 Å². The van der Waals surface area contributed by atoms with E-state index >= 15 is 0 Å². The van der Waals surface area contributed by atoms with E-state index in [0.717, 1.165) is 5.92 Å². The fraction of sp³-hybridized carbons (Fsp3) is 1.00. The summed E-state index contributed by atoms with van der Waals surface area (Å²) >= 11 is 0. The van der Waals surface area contributed by atoms with Crippen LogP contribution < -0.4 is 0 Å². The Morgan fingerprint density at radius 2 is 1.29 bits per heavy atom. The van der Waals surface area contributed by atoms with Gasteiger partial charge in [0, 0.05) is 43.3 Å². The molecule has 0 N–H and O–H groups in total. The lowest BCUT2D eigenvalue weighted by atomic mass is 9.99. The summed E-state index contributed by atoms with van der Waals surface area (Å²) in [6, 6.07) is 2.07. The van der Waals surface area contributed by atoms with Crippen LogP contribution in [0.3, 0.4) is 0 Å². The monoisotopic (exact) mass is 400 g/mol. The maximum atomic E-state index is 2.56. The molecule has 0 aromatic heterocycles. The maximum absolute atomic E-state index is 2.56. The van der Waals surface area contributed by atoms with Crippen LogP contribution in [0.5, 0.6) is 0 Å². The summed E-state index contributed by atoms with van der Waals surface area (Å²) in [5.74, 6) is 0.834. The van der Waals surface area contributed by atoms with Crippen LogP contribution in [0.25, 0.3) is 0 Å². The number of rotatable bonds is 6. The average Bonchev–Trinajstić information content (AvgIpc) is 2.55. The molecule has 0 atom stereocenters. The SMILES string of the molecule is CC(C)CCN(C)C(C)C.CC(C)N(C)C.CC(C)N1CCN(C)C(C)(C)C1. The Morgan fingerprint density at radius 3 is 1.57 bits per heavy atom. The summed E-state index contributed by atoms with van der Waals surface area (Å²) in [6.45, 7) is 27.4. The minimum atomic E-state index is 0.350. The van der Waals surface area contributed by atoms with E-state index in [1.165, 1.54) is 32.6 Å². The van der Waals surface area contributed by atoms with Crippen molar-refractivity contribution >= 4 is 0 Å². The van der Waals surface area contributed by atoms with Crippen molar-refractivity contribution in [3.05, 3.63) is 0 Å². The maximum Gasteiger partial charge on any atom is 0.0277 e. The first-order valence-corrected chi connectivity index (χ1v) is 11.4. The molecule has 4 heteroatoms. The summed E-state index contributed by atoms with van der Waals surface area (Å²) in [6.07, 6.45) is 1.31. The Morgan fingerprint density at radius 1 is 0.821 bits per heavy atom. The lowest BCUT2D eigenvalue weighted by Crippen LogP contribution is -2.58. The Bertz CT molecular complexity index is 356. The van der Waals surface area contributed by atoms with Crippen LogP contribution in [0.15, 0.2) is 0 Å². The van der Waals surface area contributed by atoms with Crippen molar-refractivity contribution in [2.45, 2.75) is 99.3 Å². The lowest BCUT2D eigenvalue weighted by Gasteiger charge is -2.46. The average molecular weight is 401 g/mol. The lowest BCUT2D eigenvalue weighted by molar-refractivity contribution is 0.0245. The van der Waals surface area contributed by atoms with Gasteiger partial charge in [-0.05, 0) is 102 Å². The fourth-order valence-corrected chi connectivity index (χ4v) is 2.44. The predicted molar refractivity (Wildman–Crippen MR) is 129 cm³/mol. The second kappa shape index (κ2) is 14.8. The van der Waals surface area contributed by atoms with Crippen molar-refractivity contribution in [2.75, 3.05) is 54.4 Å². The van der Waals surface area contributed by atoms with E-state index in [4.69, 9.17) is 0 Å². The first-order valence-electron chi connectivity index (χ1n) is 11.4. The smallest absolute Gasteiger partial charge is 0.0277 e. The van der Waals surface area contributed by atoms with Gasteiger partial charge in [0.15, 0.2) is 0 Å². The minimum Gasteiger partial charge on any atom is -0.307 e. The molecule has 0 bridgehead atoms.